The normalized spacial score (nSPS) is 16.7. The molecule has 50 heavy (non-hydrogen) atoms. The van der Waals surface area contributed by atoms with E-state index in [0.29, 0.717) is 36.8 Å². The zero-order chi connectivity index (χ0) is 36.2. The van der Waals surface area contributed by atoms with Gasteiger partial charge in [-0.15, -0.1) is 11.3 Å². The fourth-order valence-electron chi connectivity index (χ4n) is 4.94. The van der Waals surface area contributed by atoms with E-state index in [9.17, 15) is 45.8 Å². The molecule has 266 valence electrons. The van der Waals surface area contributed by atoms with Crippen LogP contribution in [0.4, 0.5) is 32.0 Å². The molecule has 9 nitrogen and oxygen atoms in total. The number of alkyl halides is 6. The number of benzene rings is 2. The summed E-state index contributed by atoms with van der Waals surface area (Å²) in [6, 6.07) is 6.72. The summed E-state index contributed by atoms with van der Waals surface area (Å²) in [5.74, 6) is -2.05. The molecule has 2 amide bonds. The van der Waals surface area contributed by atoms with Crippen molar-refractivity contribution in [2.45, 2.75) is 18.8 Å². The molecule has 2 aliphatic heterocycles. The lowest BCUT2D eigenvalue weighted by Crippen LogP contribution is -2.38. The summed E-state index contributed by atoms with van der Waals surface area (Å²) in [5.41, 5.74) is -2.86. The van der Waals surface area contributed by atoms with Crippen LogP contribution >= 0.6 is 35.3 Å². The number of morpholine rings is 1. The van der Waals surface area contributed by atoms with Crippen LogP contribution in [0.5, 0.6) is 5.75 Å². The quantitative estimate of drug-likeness (QED) is 0.120. The van der Waals surface area contributed by atoms with E-state index in [2.05, 4.69) is 10.2 Å². The number of hydrogen-bond donors (Lipinski definition) is 2. The van der Waals surface area contributed by atoms with E-state index in [4.69, 9.17) is 21.7 Å². The maximum atomic E-state index is 13.3. The van der Waals surface area contributed by atoms with Gasteiger partial charge in [-0.25, -0.2) is 4.79 Å². The van der Waals surface area contributed by atoms with E-state index in [0.717, 1.165) is 36.2 Å². The predicted molar refractivity (Wildman–Crippen MR) is 179 cm³/mol. The van der Waals surface area contributed by atoms with Gasteiger partial charge in [0.25, 0.3) is 5.91 Å². The number of ether oxygens (including phenoxy) is 2. The highest BCUT2D eigenvalue weighted by atomic mass is 32.2. The average Bonchev–Trinajstić information content (AvgIpc) is 3.63. The van der Waals surface area contributed by atoms with Crippen LogP contribution in [0.15, 0.2) is 52.7 Å². The maximum Gasteiger partial charge on any atom is 0.416 e. The molecule has 0 unspecified atom stereocenters. The highest BCUT2D eigenvalue weighted by Gasteiger charge is 2.37. The summed E-state index contributed by atoms with van der Waals surface area (Å²) in [5, 5.41) is 13.5. The molecule has 5 rings (SSSR count). The summed E-state index contributed by atoms with van der Waals surface area (Å²) in [7, 11) is 0. The van der Waals surface area contributed by atoms with Crippen molar-refractivity contribution in [2.24, 2.45) is 0 Å². The molecule has 0 spiro atoms. The maximum absolute atomic E-state index is 13.3. The second kappa shape index (κ2) is 15.5. The summed E-state index contributed by atoms with van der Waals surface area (Å²) >= 11 is 7.28. The fourth-order valence-corrected chi connectivity index (χ4v) is 7.16. The van der Waals surface area contributed by atoms with Gasteiger partial charge in [0.2, 0.25) is 5.91 Å². The highest BCUT2D eigenvalue weighted by molar-refractivity contribution is 8.26. The molecular weight excluding hydrogens is 733 g/mol. The summed E-state index contributed by atoms with van der Waals surface area (Å²) in [6.07, 6.45) is -8.75. The molecule has 3 heterocycles. The predicted octanol–water partition coefficient (Wildman–Crippen LogP) is 7.09. The van der Waals surface area contributed by atoms with Crippen LogP contribution in [0.3, 0.4) is 0 Å². The van der Waals surface area contributed by atoms with Gasteiger partial charge >= 0.3 is 18.3 Å². The fraction of sp³-hybridized carbons (Fsp3) is 0.312. The number of halogens is 6. The smallest absolute Gasteiger partial charge is 0.416 e. The van der Waals surface area contributed by atoms with E-state index in [1.54, 1.807) is 0 Å². The van der Waals surface area contributed by atoms with Gasteiger partial charge in [0.05, 0.1) is 40.5 Å². The third kappa shape index (κ3) is 9.42. The van der Waals surface area contributed by atoms with Crippen LogP contribution in [-0.4, -0.2) is 83.0 Å². The molecule has 0 atom stereocenters. The van der Waals surface area contributed by atoms with Crippen LogP contribution in [0.25, 0.3) is 17.2 Å². The number of nitrogens with one attached hydrogen (secondary N) is 1. The van der Waals surface area contributed by atoms with Crippen molar-refractivity contribution in [3.63, 3.8) is 0 Å². The van der Waals surface area contributed by atoms with Gasteiger partial charge < -0.3 is 19.9 Å². The Bertz CT molecular complexity index is 1790. The van der Waals surface area contributed by atoms with Gasteiger partial charge in [0.1, 0.15) is 16.7 Å². The first-order valence-corrected chi connectivity index (χ1v) is 16.9. The Morgan fingerprint density at radius 1 is 0.980 bits per heavy atom. The van der Waals surface area contributed by atoms with Crippen molar-refractivity contribution in [3.05, 3.63) is 74.3 Å². The van der Waals surface area contributed by atoms with Gasteiger partial charge in [-0.05, 0) is 65.0 Å². The molecule has 2 fully saturated rings. The first-order valence-electron chi connectivity index (χ1n) is 14.8. The Hall–Kier alpha value is -3.97. The Morgan fingerprint density at radius 2 is 1.66 bits per heavy atom. The zero-order valence-electron chi connectivity index (χ0n) is 25.7. The molecule has 0 aliphatic carbocycles. The number of carboxylic acids is 1. The molecule has 0 radical (unpaired) electrons. The van der Waals surface area contributed by atoms with Crippen LogP contribution in [0.2, 0.25) is 0 Å². The largest absolute Gasteiger partial charge is 0.490 e. The standard InChI is InChI=1S/C32H27F6N3O6S3/c33-31(34,35)21-11-19(12-22(15-21)32(36,37)38)20-13-23(49-17-20)16-26-28(43)41(30(48)50-26)4-3-27(42)39-24-2-1-18(29(44)45)14-25(24)47-10-7-40-5-8-46-9-6-40/h1-2,11-17H,3-10H2,(H,39,42)(H,44,45). The third-order valence-electron chi connectivity index (χ3n) is 7.52. The number of carbonyl (C=O) groups is 3. The minimum atomic E-state index is -5.00. The van der Waals surface area contributed by atoms with Crippen molar-refractivity contribution in [1.29, 1.82) is 0 Å². The van der Waals surface area contributed by atoms with Gasteiger partial charge in [0.15, 0.2) is 0 Å². The van der Waals surface area contributed by atoms with E-state index >= 15 is 0 Å². The minimum absolute atomic E-state index is 0.0347. The molecule has 2 aromatic carbocycles. The van der Waals surface area contributed by atoms with Crippen molar-refractivity contribution < 1.29 is 55.3 Å². The lowest BCUT2D eigenvalue weighted by molar-refractivity contribution is -0.143. The number of rotatable bonds is 11. The highest BCUT2D eigenvalue weighted by Crippen LogP contribution is 2.40. The summed E-state index contributed by atoms with van der Waals surface area (Å²) < 4.78 is 91.4. The molecular formula is C32H27F6N3O6S3. The molecule has 18 heteroatoms. The van der Waals surface area contributed by atoms with Crippen molar-refractivity contribution in [2.75, 3.05) is 51.3 Å². The van der Waals surface area contributed by atoms with Crippen LogP contribution in [0.1, 0.15) is 32.8 Å². The molecule has 1 aromatic heterocycles. The van der Waals surface area contributed by atoms with Crippen molar-refractivity contribution in [3.8, 4) is 16.9 Å². The topological polar surface area (TPSA) is 108 Å². The van der Waals surface area contributed by atoms with E-state index in [1.807, 2.05) is 0 Å². The number of thiocarbonyl (C=S) groups is 1. The average molecular weight is 760 g/mol. The summed E-state index contributed by atoms with van der Waals surface area (Å²) in [6.45, 7) is 3.35. The zero-order valence-corrected chi connectivity index (χ0v) is 28.2. The molecule has 3 aromatic rings. The first kappa shape index (κ1) is 37.3. The number of anilines is 1. The number of aromatic carboxylic acids is 1. The van der Waals surface area contributed by atoms with Crippen molar-refractivity contribution in [1.82, 2.24) is 9.80 Å². The van der Waals surface area contributed by atoms with Crippen LogP contribution < -0.4 is 10.1 Å². The monoisotopic (exact) mass is 759 g/mol. The number of amides is 2. The number of carbonyl (C=O) groups excluding carboxylic acids is 2. The molecule has 0 bridgehead atoms. The van der Waals surface area contributed by atoms with Crippen molar-refractivity contribution >= 4 is 69.2 Å². The lowest BCUT2D eigenvalue weighted by atomic mass is 10.0. The van der Waals surface area contributed by atoms with Crippen LogP contribution in [-0.2, 0) is 26.7 Å². The first-order chi connectivity index (χ1) is 23.6. The van der Waals surface area contributed by atoms with E-state index in [-0.39, 0.29) is 63.0 Å². The van der Waals surface area contributed by atoms with Crippen LogP contribution in [0, 0.1) is 0 Å². The molecule has 2 N–H and O–H groups in total. The van der Waals surface area contributed by atoms with E-state index in [1.165, 1.54) is 40.6 Å². The Labute approximate surface area is 294 Å². The number of nitrogens with zero attached hydrogens (tertiary/aromatic N) is 2. The summed E-state index contributed by atoms with van der Waals surface area (Å²) in [4.78, 5) is 41.5. The molecule has 2 saturated heterocycles. The molecule has 0 saturated carbocycles. The van der Waals surface area contributed by atoms with Gasteiger partial charge in [-0.3, -0.25) is 19.4 Å². The Kier molecular flexibility index (Phi) is 11.6. The number of hydrogen-bond acceptors (Lipinski definition) is 9. The number of thioether (sulfide) groups is 1. The van der Waals surface area contributed by atoms with Gasteiger partial charge in [0, 0.05) is 37.5 Å². The SMILES string of the molecule is O=C(CCN1C(=O)C(=Cc2cc(-c3cc(C(F)(F)F)cc(C(F)(F)F)c3)cs2)SC1=S)Nc1ccc(C(=O)O)cc1OCCN1CCOCC1. The second-order valence-electron chi connectivity index (χ2n) is 11.0. The number of carboxylic acid groups (broad SMARTS) is 1. The molecule has 2 aliphatic rings. The van der Waals surface area contributed by atoms with Gasteiger partial charge in [-0.2, -0.15) is 26.3 Å². The third-order valence-corrected chi connectivity index (χ3v) is 9.78. The lowest BCUT2D eigenvalue weighted by Gasteiger charge is -2.26. The minimum Gasteiger partial charge on any atom is -0.490 e. The van der Waals surface area contributed by atoms with Gasteiger partial charge in [-0.1, -0.05) is 24.0 Å². The Balaban J connectivity index is 1.22. The Morgan fingerprint density at radius 3 is 2.30 bits per heavy atom. The second-order valence-corrected chi connectivity index (χ2v) is 13.6. The van der Waals surface area contributed by atoms with E-state index < -0.39 is 41.3 Å². The number of thiophene rings is 1.